The molecule has 0 radical (unpaired) electrons. The van der Waals surface area contributed by atoms with Crippen molar-refractivity contribution in [2.45, 2.75) is 56.5 Å². The van der Waals surface area contributed by atoms with E-state index in [1.54, 1.807) is 0 Å². The summed E-state index contributed by atoms with van der Waals surface area (Å²) in [6.45, 7) is 0.941. The van der Waals surface area contributed by atoms with E-state index < -0.39 is 0 Å². The second-order valence-electron chi connectivity index (χ2n) is 6.62. The molecule has 110 valence electrons. The number of benzene rings is 1. The Kier molecular flexibility index (Phi) is 4.42. The lowest BCUT2D eigenvalue weighted by atomic mass is 9.70. The predicted octanol–water partition coefficient (Wildman–Crippen LogP) is 3.86. The standard InChI is InChI=1S/C18H27NO/c1-20-14-15-8-10-17(11-9-15)19-18(12-5-13-18)16-6-3-2-4-7-16/h2-4,6-7,15,17,19H,5,8-14H2,1H3. The number of hydrogen-bond acceptors (Lipinski definition) is 2. The van der Waals surface area contributed by atoms with Gasteiger partial charge in [0, 0.05) is 25.3 Å². The molecule has 0 saturated heterocycles. The van der Waals surface area contributed by atoms with Crippen LogP contribution in [-0.4, -0.2) is 19.8 Å². The number of ether oxygens (including phenoxy) is 1. The van der Waals surface area contributed by atoms with Crippen molar-refractivity contribution in [3.8, 4) is 0 Å². The molecule has 0 bridgehead atoms. The fourth-order valence-corrected chi connectivity index (χ4v) is 3.90. The zero-order valence-electron chi connectivity index (χ0n) is 12.6. The van der Waals surface area contributed by atoms with Crippen LogP contribution in [0.3, 0.4) is 0 Å². The third-order valence-corrected chi connectivity index (χ3v) is 5.26. The first-order valence-electron chi connectivity index (χ1n) is 8.14. The highest BCUT2D eigenvalue weighted by Gasteiger charge is 2.40. The fraction of sp³-hybridized carbons (Fsp3) is 0.667. The van der Waals surface area contributed by atoms with Crippen LogP contribution >= 0.6 is 0 Å². The maximum absolute atomic E-state index is 5.30. The van der Waals surface area contributed by atoms with E-state index in [-0.39, 0.29) is 5.54 Å². The monoisotopic (exact) mass is 273 g/mol. The Labute approximate surface area is 122 Å². The van der Waals surface area contributed by atoms with Crippen LogP contribution in [0.1, 0.15) is 50.5 Å². The molecule has 2 saturated carbocycles. The Hall–Kier alpha value is -0.860. The zero-order valence-corrected chi connectivity index (χ0v) is 12.6. The molecule has 0 atom stereocenters. The maximum Gasteiger partial charge on any atom is 0.0490 e. The number of methoxy groups -OCH3 is 1. The van der Waals surface area contributed by atoms with E-state index in [4.69, 9.17) is 4.74 Å². The molecule has 2 fully saturated rings. The highest BCUT2D eigenvalue weighted by atomic mass is 16.5. The quantitative estimate of drug-likeness (QED) is 0.879. The van der Waals surface area contributed by atoms with E-state index >= 15 is 0 Å². The second-order valence-corrected chi connectivity index (χ2v) is 6.62. The van der Waals surface area contributed by atoms with Crippen molar-refractivity contribution in [3.05, 3.63) is 35.9 Å². The van der Waals surface area contributed by atoms with Gasteiger partial charge in [0.15, 0.2) is 0 Å². The van der Waals surface area contributed by atoms with E-state index in [1.807, 2.05) is 7.11 Å². The van der Waals surface area contributed by atoms with Crippen LogP contribution in [0, 0.1) is 5.92 Å². The largest absolute Gasteiger partial charge is 0.384 e. The number of hydrogen-bond donors (Lipinski definition) is 1. The Morgan fingerprint density at radius 3 is 2.35 bits per heavy atom. The molecule has 20 heavy (non-hydrogen) atoms. The summed E-state index contributed by atoms with van der Waals surface area (Å²) in [6.07, 6.45) is 9.21. The first-order chi connectivity index (χ1) is 9.82. The lowest BCUT2D eigenvalue weighted by Crippen LogP contribution is -2.53. The van der Waals surface area contributed by atoms with Gasteiger partial charge in [0.2, 0.25) is 0 Å². The maximum atomic E-state index is 5.30. The van der Waals surface area contributed by atoms with E-state index in [0.29, 0.717) is 6.04 Å². The van der Waals surface area contributed by atoms with Crippen LogP contribution in [0.25, 0.3) is 0 Å². The summed E-state index contributed by atoms with van der Waals surface area (Å²) in [4.78, 5) is 0. The van der Waals surface area contributed by atoms with Crippen molar-refractivity contribution in [3.63, 3.8) is 0 Å². The first-order valence-corrected chi connectivity index (χ1v) is 8.14. The third kappa shape index (κ3) is 2.91. The van der Waals surface area contributed by atoms with Gasteiger partial charge in [-0.2, -0.15) is 0 Å². The lowest BCUT2D eigenvalue weighted by Gasteiger charge is -2.47. The fourth-order valence-electron chi connectivity index (χ4n) is 3.90. The molecule has 0 aromatic heterocycles. The molecule has 0 heterocycles. The average molecular weight is 273 g/mol. The third-order valence-electron chi connectivity index (χ3n) is 5.26. The van der Waals surface area contributed by atoms with Crippen molar-refractivity contribution in [1.82, 2.24) is 5.32 Å². The molecular weight excluding hydrogens is 246 g/mol. The summed E-state index contributed by atoms with van der Waals surface area (Å²) in [5.74, 6) is 0.784. The van der Waals surface area contributed by atoms with Crippen LogP contribution in [-0.2, 0) is 10.3 Å². The van der Waals surface area contributed by atoms with E-state index in [9.17, 15) is 0 Å². The van der Waals surface area contributed by atoms with Gasteiger partial charge in [-0.15, -0.1) is 0 Å². The van der Waals surface area contributed by atoms with Gasteiger partial charge < -0.3 is 10.1 Å². The van der Waals surface area contributed by atoms with Gasteiger partial charge in [0.05, 0.1) is 0 Å². The molecule has 2 aliphatic rings. The molecule has 1 aromatic rings. The molecule has 0 spiro atoms. The average Bonchev–Trinajstić information content (AvgIpc) is 2.46. The molecular formula is C18H27NO. The lowest BCUT2D eigenvalue weighted by molar-refractivity contribution is 0.102. The summed E-state index contributed by atoms with van der Waals surface area (Å²) in [5, 5.41) is 4.01. The highest BCUT2D eigenvalue weighted by Crippen LogP contribution is 2.42. The molecule has 2 heteroatoms. The van der Waals surface area contributed by atoms with Gasteiger partial charge in [-0.05, 0) is 56.4 Å². The van der Waals surface area contributed by atoms with Crippen LogP contribution in [0.4, 0.5) is 0 Å². The van der Waals surface area contributed by atoms with Crippen molar-refractivity contribution in [2.24, 2.45) is 5.92 Å². The van der Waals surface area contributed by atoms with Crippen LogP contribution < -0.4 is 5.32 Å². The molecule has 2 aliphatic carbocycles. The van der Waals surface area contributed by atoms with E-state index in [2.05, 4.69) is 35.6 Å². The number of nitrogens with one attached hydrogen (secondary N) is 1. The van der Waals surface area contributed by atoms with Gasteiger partial charge in [-0.3, -0.25) is 0 Å². The topological polar surface area (TPSA) is 21.3 Å². The van der Waals surface area contributed by atoms with Crippen LogP contribution in [0.15, 0.2) is 30.3 Å². The van der Waals surface area contributed by atoms with Crippen molar-refractivity contribution in [1.29, 1.82) is 0 Å². The summed E-state index contributed by atoms with van der Waals surface area (Å²) in [5.41, 5.74) is 1.77. The Bertz CT molecular complexity index is 405. The Balaban J connectivity index is 1.60. The summed E-state index contributed by atoms with van der Waals surface area (Å²) < 4.78 is 5.30. The Morgan fingerprint density at radius 1 is 1.10 bits per heavy atom. The molecule has 1 aromatic carbocycles. The van der Waals surface area contributed by atoms with Gasteiger partial charge >= 0.3 is 0 Å². The molecule has 1 N–H and O–H groups in total. The predicted molar refractivity (Wildman–Crippen MR) is 82.7 cm³/mol. The molecule has 2 nitrogen and oxygen atoms in total. The van der Waals surface area contributed by atoms with Crippen molar-refractivity contribution in [2.75, 3.05) is 13.7 Å². The van der Waals surface area contributed by atoms with Gasteiger partial charge in [-0.1, -0.05) is 30.3 Å². The normalized spacial score (nSPS) is 28.9. The first kappa shape index (κ1) is 14.1. The van der Waals surface area contributed by atoms with Gasteiger partial charge in [-0.25, -0.2) is 0 Å². The smallest absolute Gasteiger partial charge is 0.0490 e. The molecule has 3 rings (SSSR count). The summed E-state index contributed by atoms with van der Waals surface area (Å²) >= 11 is 0. The number of rotatable bonds is 5. The Morgan fingerprint density at radius 2 is 1.80 bits per heavy atom. The van der Waals surface area contributed by atoms with Gasteiger partial charge in [0.25, 0.3) is 0 Å². The summed E-state index contributed by atoms with van der Waals surface area (Å²) in [6, 6.07) is 11.7. The minimum atomic E-state index is 0.278. The van der Waals surface area contributed by atoms with Gasteiger partial charge in [0.1, 0.15) is 0 Å². The van der Waals surface area contributed by atoms with Crippen LogP contribution in [0.5, 0.6) is 0 Å². The van der Waals surface area contributed by atoms with E-state index in [1.165, 1.54) is 50.5 Å². The van der Waals surface area contributed by atoms with Crippen molar-refractivity contribution < 1.29 is 4.74 Å². The SMILES string of the molecule is COCC1CCC(NC2(c3ccccc3)CCC2)CC1. The minimum absolute atomic E-state index is 0.278. The molecule has 0 amide bonds. The van der Waals surface area contributed by atoms with E-state index in [0.717, 1.165) is 12.5 Å². The molecule has 0 unspecified atom stereocenters. The second kappa shape index (κ2) is 6.28. The van der Waals surface area contributed by atoms with Crippen molar-refractivity contribution >= 4 is 0 Å². The highest BCUT2D eigenvalue weighted by molar-refractivity contribution is 5.27. The molecule has 0 aliphatic heterocycles. The summed E-state index contributed by atoms with van der Waals surface area (Å²) in [7, 11) is 1.82. The van der Waals surface area contributed by atoms with Crippen LogP contribution in [0.2, 0.25) is 0 Å². The zero-order chi connectivity index (χ0) is 13.8. The minimum Gasteiger partial charge on any atom is -0.384 e.